The quantitative estimate of drug-likeness (QED) is 0.535. The van der Waals surface area contributed by atoms with Crippen molar-refractivity contribution >= 4 is 34.9 Å². The van der Waals surface area contributed by atoms with E-state index in [1.807, 2.05) is 18.2 Å². The van der Waals surface area contributed by atoms with Crippen LogP contribution >= 0.6 is 12.4 Å². The van der Waals surface area contributed by atoms with Crippen LogP contribution in [-0.4, -0.2) is 26.0 Å². The van der Waals surface area contributed by atoms with Gasteiger partial charge in [-0.1, -0.05) is 0 Å². The molecule has 2 rings (SSSR count). The highest BCUT2D eigenvalue weighted by atomic mass is 35.5. The predicted molar refractivity (Wildman–Crippen MR) is 89.9 cm³/mol. The van der Waals surface area contributed by atoms with Crippen LogP contribution in [0.25, 0.3) is 11.0 Å². The fourth-order valence-electron chi connectivity index (χ4n) is 2.18. The smallest absolute Gasteiger partial charge is 0.347 e. The molecule has 0 aliphatic rings. The number of fused-ring (bicyclic) bond motifs is 1. The van der Waals surface area contributed by atoms with Crippen molar-refractivity contribution in [2.45, 2.75) is 13.8 Å². The Labute approximate surface area is 129 Å². The first-order chi connectivity index (χ1) is 9.60. The maximum atomic E-state index is 11.9. The standard InChI is InChI=1S/C15H19N3O2.ClH/c1-4-18(5-2)11-7-6-10-8-12(14(16)17-3)15(19)20-13(10)9-11;/h6-9H,4-5H2,1-3H3,(H2,16,17);1H. The van der Waals surface area contributed by atoms with Crippen LogP contribution in [0.3, 0.4) is 0 Å². The molecule has 0 aliphatic heterocycles. The largest absolute Gasteiger partial charge is 0.422 e. The van der Waals surface area contributed by atoms with Crippen LogP contribution in [0.5, 0.6) is 0 Å². The first-order valence-electron chi connectivity index (χ1n) is 6.66. The number of amidine groups is 1. The van der Waals surface area contributed by atoms with Gasteiger partial charge in [0.2, 0.25) is 0 Å². The minimum Gasteiger partial charge on any atom is -0.422 e. The molecule has 2 N–H and O–H groups in total. The molecular formula is C15H20ClN3O2. The van der Waals surface area contributed by atoms with E-state index in [2.05, 4.69) is 23.7 Å². The molecule has 0 unspecified atom stereocenters. The molecule has 0 aliphatic carbocycles. The third-order valence-electron chi connectivity index (χ3n) is 3.37. The summed E-state index contributed by atoms with van der Waals surface area (Å²) in [6, 6.07) is 7.54. The van der Waals surface area contributed by atoms with E-state index in [4.69, 9.17) is 10.2 Å². The summed E-state index contributed by atoms with van der Waals surface area (Å²) in [4.78, 5) is 17.9. The zero-order chi connectivity index (χ0) is 14.7. The first kappa shape index (κ1) is 17.0. The number of nitrogens with two attached hydrogens (primary N) is 1. The molecular weight excluding hydrogens is 290 g/mol. The van der Waals surface area contributed by atoms with Gasteiger partial charge in [-0.3, -0.25) is 4.99 Å². The van der Waals surface area contributed by atoms with Gasteiger partial charge in [-0.25, -0.2) is 4.79 Å². The van der Waals surface area contributed by atoms with Gasteiger partial charge in [-0.15, -0.1) is 12.4 Å². The lowest BCUT2D eigenvalue weighted by Crippen LogP contribution is -2.23. The molecule has 0 amide bonds. The average Bonchev–Trinajstić information content (AvgIpc) is 2.47. The molecule has 5 nitrogen and oxygen atoms in total. The number of halogens is 1. The minimum atomic E-state index is -0.461. The van der Waals surface area contributed by atoms with E-state index in [1.165, 1.54) is 0 Å². The number of rotatable bonds is 4. The lowest BCUT2D eigenvalue weighted by Gasteiger charge is -2.20. The fraction of sp³-hybridized carbons (Fsp3) is 0.333. The number of aliphatic imine (C=N–C) groups is 1. The Hall–Kier alpha value is -2.01. The van der Waals surface area contributed by atoms with Gasteiger partial charge in [0.25, 0.3) is 0 Å². The van der Waals surface area contributed by atoms with Crippen molar-refractivity contribution in [2.75, 3.05) is 25.0 Å². The van der Waals surface area contributed by atoms with E-state index in [-0.39, 0.29) is 18.2 Å². The number of hydrogen-bond acceptors (Lipinski definition) is 4. The Morgan fingerprint density at radius 2 is 1.95 bits per heavy atom. The zero-order valence-electron chi connectivity index (χ0n) is 12.4. The topological polar surface area (TPSA) is 71.8 Å². The van der Waals surface area contributed by atoms with Crippen LogP contribution in [0.1, 0.15) is 19.4 Å². The monoisotopic (exact) mass is 309 g/mol. The van der Waals surface area contributed by atoms with Crippen LogP contribution in [0.15, 0.2) is 38.5 Å². The maximum Gasteiger partial charge on any atom is 0.347 e. The van der Waals surface area contributed by atoms with Crippen molar-refractivity contribution in [3.05, 3.63) is 40.2 Å². The second kappa shape index (κ2) is 7.13. The van der Waals surface area contributed by atoms with Gasteiger partial charge in [0.15, 0.2) is 0 Å². The lowest BCUT2D eigenvalue weighted by molar-refractivity contribution is 0.559. The number of benzene rings is 1. The highest BCUT2D eigenvalue weighted by Crippen LogP contribution is 2.21. The minimum absolute atomic E-state index is 0. The summed E-state index contributed by atoms with van der Waals surface area (Å²) < 4.78 is 5.35. The summed E-state index contributed by atoms with van der Waals surface area (Å²) in [6.45, 7) is 5.98. The summed E-state index contributed by atoms with van der Waals surface area (Å²) >= 11 is 0. The van der Waals surface area contributed by atoms with Gasteiger partial charge in [0.05, 0.1) is 0 Å². The molecule has 114 valence electrons. The maximum absolute atomic E-state index is 11.9. The zero-order valence-corrected chi connectivity index (χ0v) is 13.2. The van der Waals surface area contributed by atoms with Gasteiger partial charge in [-0.05, 0) is 32.0 Å². The van der Waals surface area contributed by atoms with Gasteiger partial charge in [-0.2, -0.15) is 0 Å². The average molecular weight is 310 g/mol. The van der Waals surface area contributed by atoms with E-state index in [0.717, 1.165) is 24.2 Å². The molecule has 21 heavy (non-hydrogen) atoms. The molecule has 1 heterocycles. The summed E-state index contributed by atoms with van der Waals surface area (Å²) in [5.41, 5.74) is 7.13. The normalized spacial score (nSPS) is 11.3. The Bertz CT molecular complexity index is 706. The Morgan fingerprint density at radius 1 is 1.29 bits per heavy atom. The Morgan fingerprint density at radius 3 is 2.52 bits per heavy atom. The molecule has 2 aromatic rings. The van der Waals surface area contributed by atoms with E-state index < -0.39 is 5.63 Å². The van der Waals surface area contributed by atoms with Gasteiger partial charge in [0, 0.05) is 37.3 Å². The van der Waals surface area contributed by atoms with Crippen molar-refractivity contribution in [1.82, 2.24) is 0 Å². The van der Waals surface area contributed by atoms with Crippen LogP contribution in [0.4, 0.5) is 5.69 Å². The summed E-state index contributed by atoms with van der Waals surface area (Å²) in [7, 11) is 1.54. The molecule has 0 saturated heterocycles. The highest BCUT2D eigenvalue weighted by Gasteiger charge is 2.10. The van der Waals surface area contributed by atoms with Crippen LogP contribution in [0, 0.1) is 0 Å². The highest BCUT2D eigenvalue weighted by molar-refractivity contribution is 5.99. The molecule has 1 aromatic carbocycles. The van der Waals surface area contributed by atoms with Crippen molar-refractivity contribution < 1.29 is 4.42 Å². The number of hydrogen-bond donors (Lipinski definition) is 1. The van der Waals surface area contributed by atoms with Crippen molar-refractivity contribution in [3.63, 3.8) is 0 Å². The second-order valence-electron chi connectivity index (χ2n) is 4.45. The summed E-state index contributed by atoms with van der Waals surface area (Å²) in [5.74, 6) is 0.188. The first-order valence-corrected chi connectivity index (χ1v) is 6.66. The van der Waals surface area contributed by atoms with E-state index in [9.17, 15) is 4.79 Å². The van der Waals surface area contributed by atoms with E-state index in [0.29, 0.717) is 11.1 Å². The molecule has 0 bridgehead atoms. The number of anilines is 1. The fourth-order valence-corrected chi connectivity index (χ4v) is 2.18. The SMILES string of the molecule is CCN(CC)c1ccc2cc(C(N)=NC)c(=O)oc2c1.Cl. The predicted octanol–water partition coefficient (Wildman–Crippen LogP) is 2.40. The molecule has 0 radical (unpaired) electrons. The second-order valence-corrected chi connectivity index (χ2v) is 4.45. The van der Waals surface area contributed by atoms with E-state index >= 15 is 0 Å². The van der Waals surface area contributed by atoms with Gasteiger partial charge < -0.3 is 15.1 Å². The lowest BCUT2D eigenvalue weighted by atomic mass is 10.1. The summed E-state index contributed by atoms with van der Waals surface area (Å²) in [6.07, 6.45) is 0. The van der Waals surface area contributed by atoms with Gasteiger partial charge in [0.1, 0.15) is 17.0 Å². The third kappa shape index (κ3) is 3.36. The third-order valence-corrected chi connectivity index (χ3v) is 3.37. The van der Waals surface area contributed by atoms with Crippen LogP contribution < -0.4 is 16.3 Å². The molecule has 0 spiro atoms. The molecule has 1 aromatic heterocycles. The van der Waals surface area contributed by atoms with Crippen LogP contribution in [-0.2, 0) is 0 Å². The Kier molecular flexibility index (Phi) is 5.79. The molecule has 0 fully saturated rings. The Balaban J connectivity index is 0.00000220. The van der Waals surface area contributed by atoms with Crippen molar-refractivity contribution in [1.29, 1.82) is 0 Å². The van der Waals surface area contributed by atoms with E-state index in [1.54, 1.807) is 13.1 Å². The van der Waals surface area contributed by atoms with Crippen LogP contribution in [0.2, 0.25) is 0 Å². The van der Waals surface area contributed by atoms with Crippen molar-refractivity contribution in [3.8, 4) is 0 Å². The van der Waals surface area contributed by atoms with Crippen molar-refractivity contribution in [2.24, 2.45) is 10.7 Å². The molecule has 0 saturated carbocycles. The number of nitrogens with zero attached hydrogens (tertiary/aromatic N) is 2. The molecule has 6 heteroatoms. The summed E-state index contributed by atoms with van der Waals surface area (Å²) in [5, 5.41) is 0.835. The van der Waals surface area contributed by atoms with Gasteiger partial charge >= 0.3 is 5.63 Å². The molecule has 0 atom stereocenters.